The van der Waals surface area contributed by atoms with Crippen molar-refractivity contribution in [3.05, 3.63) is 101 Å². The summed E-state index contributed by atoms with van der Waals surface area (Å²) < 4.78 is 0. The molecule has 0 spiro atoms. The van der Waals surface area contributed by atoms with Gasteiger partial charge in [0.15, 0.2) is 12.5 Å². The summed E-state index contributed by atoms with van der Waals surface area (Å²) >= 11 is 6.01. The Balaban J connectivity index is 1.76. The van der Waals surface area contributed by atoms with Gasteiger partial charge in [0.25, 0.3) is 0 Å². The third kappa shape index (κ3) is 2.89. The minimum absolute atomic E-state index is 0.311. The van der Waals surface area contributed by atoms with Gasteiger partial charge in [0.1, 0.15) is 0 Å². The Morgan fingerprint density at radius 1 is 0.625 bits per heavy atom. The topological polar surface area (TPSA) is 21.7 Å². The number of halogens is 1. The van der Waals surface area contributed by atoms with Gasteiger partial charge in [-0.05, 0) is 24.3 Å². The van der Waals surface area contributed by atoms with E-state index in [1.807, 2.05) is 72.8 Å². The summed E-state index contributed by atoms with van der Waals surface area (Å²) in [5.41, 5.74) is 3.06. The summed E-state index contributed by atoms with van der Waals surface area (Å²) in [7, 11) is 0. The van der Waals surface area contributed by atoms with Crippen molar-refractivity contribution in [1.82, 2.24) is 0 Å². The van der Waals surface area contributed by atoms with Gasteiger partial charge in [-0.2, -0.15) is 0 Å². The number of benzene rings is 3. The molecular formula is C20H16ClNO2. The van der Waals surface area contributed by atoms with Crippen molar-refractivity contribution in [2.75, 3.05) is 4.90 Å². The molecule has 1 fully saturated rings. The van der Waals surface area contributed by atoms with Gasteiger partial charge in [-0.25, -0.2) is 9.78 Å². The highest BCUT2D eigenvalue weighted by Crippen LogP contribution is 2.43. The van der Waals surface area contributed by atoms with E-state index in [0.29, 0.717) is 5.02 Å². The van der Waals surface area contributed by atoms with Gasteiger partial charge in [-0.1, -0.05) is 72.3 Å². The summed E-state index contributed by atoms with van der Waals surface area (Å²) in [5.74, 6) is 0. The highest BCUT2D eigenvalue weighted by molar-refractivity contribution is 6.30. The molecular weight excluding hydrogens is 322 g/mol. The first-order valence-electron chi connectivity index (χ1n) is 7.79. The quantitative estimate of drug-likeness (QED) is 0.588. The standard InChI is InChI=1S/C20H16ClNO2/c21-17-13-11-16(12-14-17)20-22(18-9-5-2-6-10-18)19(23-24-20)15-7-3-1-4-8-15/h1-14,19-20H. The molecule has 0 saturated carbocycles. The van der Waals surface area contributed by atoms with Crippen LogP contribution in [0.15, 0.2) is 84.9 Å². The number of hydrogen-bond donors (Lipinski definition) is 0. The number of rotatable bonds is 3. The van der Waals surface area contributed by atoms with Gasteiger partial charge in [-0.3, -0.25) is 0 Å². The Labute approximate surface area is 145 Å². The first-order chi connectivity index (χ1) is 11.8. The zero-order chi connectivity index (χ0) is 16.4. The average Bonchev–Trinajstić information content (AvgIpc) is 3.09. The van der Waals surface area contributed by atoms with E-state index in [9.17, 15) is 0 Å². The van der Waals surface area contributed by atoms with Crippen molar-refractivity contribution in [2.24, 2.45) is 0 Å². The second-order valence-electron chi connectivity index (χ2n) is 5.60. The molecule has 3 aromatic carbocycles. The Morgan fingerprint density at radius 2 is 1.12 bits per heavy atom. The van der Waals surface area contributed by atoms with Crippen LogP contribution >= 0.6 is 11.6 Å². The van der Waals surface area contributed by atoms with Crippen LogP contribution in [-0.2, 0) is 9.78 Å². The molecule has 1 aliphatic rings. The van der Waals surface area contributed by atoms with Crippen LogP contribution in [0.1, 0.15) is 23.6 Å². The normalized spacial score (nSPS) is 20.3. The smallest absolute Gasteiger partial charge is 0.193 e. The molecule has 1 heterocycles. The SMILES string of the molecule is Clc1ccc(C2OOC(c3ccccc3)N2c2ccccc2)cc1. The van der Waals surface area contributed by atoms with E-state index >= 15 is 0 Å². The molecule has 0 N–H and O–H groups in total. The molecule has 0 bridgehead atoms. The Morgan fingerprint density at radius 3 is 1.71 bits per heavy atom. The minimum atomic E-state index is -0.338. The highest BCUT2D eigenvalue weighted by atomic mass is 35.5. The van der Waals surface area contributed by atoms with E-state index < -0.39 is 0 Å². The van der Waals surface area contributed by atoms with Crippen LogP contribution in [0.3, 0.4) is 0 Å². The lowest BCUT2D eigenvalue weighted by atomic mass is 10.1. The lowest BCUT2D eigenvalue weighted by molar-refractivity contribution is -0.300. The second-order valence-corrected chi connectivity index (χ2v) is 6.04. The Bertz CT molecular complexity index is 793. The molecule has 2 unspecified atom stereocenters. The van der Waals surface area contributed by atoms with Crippen molar-refractivity contribution >= 4 is 17.3 Å². The van der Waals surface area contributed by atoms with Crippen LogP contribution < -0.4 is 4.90 Å². The van der Waals surface area contributed by atoms with Crippen molar-refractivity contribution in [1.29, 1.82) is 0 Å². The second kappa shape index (κ2) is 6.65. The van der Waals surface area contributed by atoms with Gasteiger partial charge in [-0.15, -0.1) is 0 Å². The first kappa shape index (κ1) is 15.2. The van der Waals surface area contributed by atoms with Crippen molar-refractivity contribution < 1.29 is 9.78 Å². The molecule has 1 saturated heterocycles. The van der Waals surface area contributed by atoms with Gasteiger partial charge in [0, 0.05) is 21.8 Å². The predicted octanol–water partition coefficient (Wildman–Crippen LogP) is 5.51. The third-order valence-corrected chi connectivity index (χ3v) is 4.29. The number of hydrogen-bond acceptors (Lipinski definition) is 3. The van der Waals surface area contributed by atoms with Crippen LogP contribution in [0.25, 0.3) is 0 Å². The lowest BCUT2D eigenvalue weighted by Gasteiger charge is -2.27. The van der Waals surface area contributed by atoms with E-state index in [4.69, 9.17) is 21.4 Å². The maximum Gasteiger partial charge on any atom is 0.193 e. The molecule has 3 nitrogen and oxygen atoms in total. The number of anilines is 1. The zero-order valence-corrected chi connectivity index (χ0v) is 13.6. The van der Waals surface area contributed by atoms with E-state index in [-0.39, 0.29) is 12.5 Å². The molecule has 0 radical (unpaired) electrons. The maximum absolute atomic E-state index is 6.01. The molecule has 3 aromatic rings. The highest BCUT2D eigenvalue weighted by Gasteiger charge is 2.38. The fourth-order valence-electron chi connectivity index (χ4n) is 2.87. The summed E-state index contributed by atoms with van der Waals surface area (Å²) in [6.45, 7) is 0. The van der Waals surface area contributed by atoms with Gasteiger partial charge in [0.05, 0.1) is 0 Å². The lowest BCUT2D eigenvalue weighted by Crippen LogP contribution is -2.26. The van der Waals surface area contributed by atoms with Crippen molar-refractivity contribution in [3.63, 3.8) is 0 Å². The van der Waals surface area contributed by atoms with Crippen LogP contribution in [0.5, 0.6) is 0 Å². The molecule has 1 aliphatic heterocycles. The number of nitrogens with zero attached hydrogens (tertiary/aromatic N) is 1. The van der Waals surface area contributed by atoms with E-state index in [2.05, 4.69) is 17.0 Å². The molecule has 24 heavy (non-hydrogen) atoms. The van der Waals surface area contributed by atoms with E-state index in [1.54, 1.807) is 0 Å². The van der Waals surface area contributed by atoms with Gasteiger partial charge in [0.2, 0.25) is 0 Å². The predicted molar refractivity (Wildman–Crippen MR) is 94.5 cm³/mol. The molecule has 4 heteroatoms. The first-order valence-corrected chi connectivity index (χ1v) is 8.17. The molecule has 0 amide bonds. The van der Waals surface area contributed by atoms with Gasteiger partial charge >= 0.3 is 0 Å². The fourth-order valence-corrected chi connectivity index (χ4v) is 3.00. The molecule has 4 rings (SSSR count). The van der Waals surface area contributed by atoms with Crippen molar-refractivity contribution in [2.45, 2.75) is 12.5 Å². The summed E-state index contributed by atoms with van der Waals surface area (Å²) in [4.78, 5) is 13.5. The fraction of sp³-hybridized carbons (Fsp3) is 0.100. The molecule has 120 valence electrons. The van der Waals surface area contributed by atoms with Gasteiger partial charge < -0.3 is 4.90 Å². The zero-order valence-electron chi connectivity index (χ0n) is 12.9. The average molecular weight is 338 g/mol. The summed E-state index contributed by atoms with van der Waals surface area (Å²) in [6, 6.07) is 27.8. The van der Waals surface area contributed by atoms with E-state index in [1.165, 1.54) is 0 Å². The maximum atomic E-state index is 6.01. The third-order valence-electron chi connectivity index (χ3n) is 4.04. The van der Waals surface area contributed by atoms with Crippen LogP contribution in [0.4, 0.5) is 5.69 Å². The largest absolute Gasteiger partial charge is 0.307 e. The number of para-hydroxylation sites is 1. The van der Waals surface area contributed by atoms with Crippen LogP contribution in [0.2, 0.25) is 5.02 Å². The molecule has 0 aromatic heterocycles. The Hall–Kier alpha value is -2.33. The van der Waals surface area contributed by atoms with Crippen LogP contribution in [0, 0.1) is 0 Å². The minimum Gasteiger partial charge on any atom is -0.307 e. The van der Waals surface area contributed by atoms with E-state index in [0.717, 1.165) is 16.8 Å². The molecule has 2 atom stereocenters. The summed E-state index contributed by atoms with van der Waals surface area (Å²) in [6.07, 6.45) is -0.649. The summed E-state index contributed by atoms with van der Waals surface area (Å²) in [5, 5.41) is 0.698. The molecule has 0 aliphatic carbocycles. The Kier molecular flexibility index (Phi) is 4.22. The monoisotopic (exact) mass is 337 g/mol. The van der Waals surface area contributed by atoms with Crippen LogP contribution in [-0.4, -0.2) is 0 Å². The van der Waals surface area contributed by atoms with Crippen molar-refractivity contribution in [3.8, 4) is 0 Å².